The fraction of sp³-hybridized carbons (Fsp3) is 0.350. The highest BCUT2D eigenvalue weighted by molar-refractivity contribution is 8.00. The van der Waals surface area contributed by atoms with Crippen LogP contribution in [0.3, 0.4) is 0 Å². The minimum Gasteiger partial charge on any atom is -0.497 e. The third-order valence-corrected chi connectivity index (χ3v) is 5.72. The van der Waals surface area contributed by atoms with Gasteiger partial charge in [0, 0.05) is 18.0 Å². The van der Waals surface area contributed by atoms with Gasteiger partial charge >= 0.3 is 0 Å². The highest BCUT2D eigenvalue weighted by atomic mass is 32.2. The first kappa shape index (κ1) is 18.8. The zero-order valence-electron chi connectivity index (χ0n) is 15.3. The Morgan fingerprint density at radius 2 is 1.88 bits per heavy atom. The van der Waals surface area contributed by atoms with E-state index in [1.165, 1.54) is 11.8 Å². The van der Waals surface area contributed by atoms with Gasteiger partial charge in [0.15, 0.2) is 0 Å². The molecular weight excluding hydrogens is 348 g/mol. The van der Waals surface area contributed by atoms with E-state index in [1.54, 1.807) is 24.1 Å². The number of nitrogens with zero attached hydrogens (tertiary/aromatic N) is 2. The van der Waals surface area contributed by atoms with Crippen LogP contribution in [0.1, 0.15) is 12.0 Å². The highest BCUT2D eigenvalue weighted by Crippen LogP contribution is 2.48. The number of anilines is 1. The topological polar surface area (TPSA) is 53.0 Å². The Morgan fingerprint density at radius 3 is 2.54 bits per heavy atom. The first-order valence-corrected chi connectivity index (χ1v) is 9.34. The van der Waals surface area contributed by atoms with Crippen LogP contribution in [0, 0.1) is 0 Å². The van der Waals surface area contributed by atoms with Gasteiger partial charge in [-0.3, -0.25) is 4.79 Å². The van der Waals surface area contributed by atoms with Gasteiger partial charge in [-0.2, -0.15) is 0 Å². The van der Waals surface area contributed by atoms with Crippen LogP contribution in [0.4, 0.5) is 5.69 Å². The summed E-state index contributed by atoms with van der Waals surface area (Å²) >= 11 is 1.33. The van der Waals surface area contributed by atoms with Crippen LogP contribution in [-0.2, 0) is 9.73 Å². The van der Waals surface area contributed by atoms with Crippen molar-refractivity contribution in [2.75, 3.05) is 39.2 Å². The molecule has 1 atom stereocenters. The first-order valence-electron chi connectivity index (χ1n) is 8.53. The molecule has 1 N–H and O–H groups in total. The van der Waals surface area contributed by atoms with Crippen LogP contribution in [0.2, 0.25) is 0 Å². The van der Waals surface area contributed by atoms with Gasteiger partial charge in [0.25, 0.3) is 0 Å². The summed E-state index contributed by atoms with van der Waals surface area (Å²) in [4.78, 5) is 16.4. The second kappa shape index (κ2) is 7.70. The number of hydrogen-bond donors (Lipinski definition) is 1. The molecule has 1 amide bonds. The lowest BCUT2D eigenvalue weighted by Gasteiger charge is -2.26. The van der Waals surface area contributed by atoms with Crippen molar-refractivity contribution in [2.24, 2.45) is 0 Å². The number of methoxy groups -OCH3 is 1. The molecule has 0 saturated carbocycles. The molecule has 1 heterocycles. The van der Waals surface area contributed by atoms with Gasteiger partial charge in [0.2, 0.25) is 5.91 Å². The Balaban J connectivity index is 1.98. The zero-order valence-corrected chi connectivity index (χ0v) is 16.1. The predicted octanol–water partition coefficient (Wildman–Crippen LogP) is 2.93. The highest BCUT2D eigenvalue weighted by Gasteiger charge is 2.39. The number of hydrogen-bond acceptors (Lipinski definition) is 5. The molecule has 1 unspecified atom stereocenters. The summed E-state index contributed by atoms with van der Waals surface area (Å²) < 4.78 is 5.19. The molecule has 0 radical (unpaired) electrons. The summed E-state index contributed by atoms with van der Waals surface area (Å²) in [6.45, 7) is 1.34. The van der Waals surface area contributed by atoms with Crippen molar-refractivity contribution in [2.45, 2.75) is 16.2 Å². The van der Waals surface area contributed by atoms with E-state index in [4.69, 9.17) is 4.74 Å². The fourth-order valence-corrected chi connectivity index (χ4v) is 4.22. The van der Waals surface area contributed by atoms with Crippen molar-refractivity contribution in [1.29, 1.82) is 0 Å². The zero-order chi connectivity index (χ0) is 18.7. The second-order valence-corrected chi connectivity index (χ2v) is 7.93. The van der Waals surface area contributed by atoms with Crippen LogP contribution in [0.15, 0.2) is 53.4 Å². The number of benzene rings is 2. The summed E-state index contributed by atoms with van der Waals surface area (Å²) in [6.07, 6.45) is 0.0199. The SMILES string of the molecule is COc1ccc(C2(O)CC(=O)N(CCN(C)C)c3ccccc3S2)cc1. The van der Waals surface area contributed by atoms with Gasteiger partial charge in [0.1, 0.15) is 10.7 Å². The van der Waals surface area contributed by atoms with E-state index < -0.39 is 4.93 Å². The number of para-hydroxylation sites is 1. The van der Waals surface area contributed by atoms with Crippen molar-refractivity contribution in [3.8, 4) is 5.75 Å². The number of amides is 1. The van der Waals surface area contributed by atoms with E-state index in [2.05, 4.69) is 0 Å². The van der Waals surface area contributed by atoms with E-state index in [9.17, 15) is 9.90 Å². The molecule has 0 bridgehead atoms. The Hall–Kier alpha value is -2.02. The molecule has 0 aliphatic carbocycles. The Bertz CT molecular complexity index is 779. The quantitative estimate of drug-likeness (QED) is 0.875. The summed E-state index contributed by atoms with van der Waals surface area (Å²) in [7, 11) is 5.57. The van der Waals surface area contributed by atoms with Crippen LogP contribution < -0.4 is 9.64 Å². The summed E-state index contributed by atoms with van der Waals surface area (Å²) in [6, 6.07) is 15.0. The molecule has 1 aliphatic rings. The van der Waals surface area contributed by atoms with E-state index in [0.717, 1.165) is 22.9 Å². The Morgan fingerprint density at radius 1 is 1.19 bits per heavy atom. The summed E-state index contributed by atoms with van der Waals surface area (Å²) in [5.74, 6) is 0.637. The number of carbonyl (C=O) groups excluding carboxylic acids is 1. The monoisotopic (exact) mass is 372 g/mol. The molecule has 26 heavy (non-hydrogen) atoms. The Kier molecular flexibility index (Phi) is 5.55. The lowest BCUT2D eigenvalue weighted by atomic mass is 10.0. The van der Waals surface area contributed by atoms with E-state index in [1.807, 2.05) is 55.4 Å². The molecular formula is C20H24N2O3S. The molecule has 0 fully saturated rings. The van der Waals surface area contributed by atoms with E-state index in [-0.39, 0.29) is 12.3 Å². The summed E-state index contributed by atoms with van der Waals surface area (Å²) in [5.41, 5.74) is 1.55. The molecule has 0 aromatic heterocycles. The molecule has 0 saturated heterocycles. The molecule has 138 valence electrons. The van der Waals surface area contributed by atoms with Gasteiger partial charge in [0.05, 0.1) is 19.2 Å². The number of rotatable bonds is 5. The lowest BCUT2D eigenvalue weighted by molar-refractivity contribution is -0.121. The maximum atomic E-state index is 13.0. The molecule has 6 heteroatoms. The van der Waals surface area contributed by atoms with Gasteiger partial charge in [-0.25, -0.2) is 0 Å². The summed E-state index contributed by atoms with van der Waals surface area (Å²) in [5, 5.41) is 11.4. The van der Waals surface area contributed by atoms with Crippen molar-refractivity contribution in [1.82, 2.24) is 4.90 Å². The largest absolute Gasteiger partial charge is 0.497 e. The molecule has 2 aromatic carbocycles. The van der Waals surface area contributed by atoms with Crippen molar-refractivity contribution in [3.05, 3.63) is 54.1 Å². The number of fused-ring (bicyclic) bond motifs is 1. The molecule has 0 spiro atoms. The maximum absolute atomic E-state index is 13.0. The van der Waals surface area contributed by atoms with E-state index >= 15 is 0 Å². The molecule has 3 rings (SSSR count). The van der Waals surface area contributed by atoms with Crippen LogP contribution in [-0.4, -0.2) is 50.2 Å². The number of thioether (sulfide) groups is 1. The van der Waals surface area contributed by atoms with Crippen molar-refractivity contribution < 1.29 is 14.6 Å². The average Bonchev–Trinajstić information content (AvgIpc) is 2.73. The predicted molar refractivity (Wildman–Crippen MR) is 105 cm³/mol. The molecule has 5 nitrogen and oxygen atoms in total. The number of ether oxygens (including phenoxy) is 1. The third kappa shape index (κ3) is 3.87. The number of aliphatic hydroxyl groups is 1. The molecule has 1 aliphatic heterocycles. The van der Waals surface area contributed by atoms with Crippen molar-refractivity contribution in [3.63, 3.8) is 0 Å². The lowest BCUT2D eigenvalue weighted by Crippen LogP contribution is -2.38. The average molecular weight is 372 g/mol. The van der Waals surface area contributed by atoms with Crippen LogP contribution in [0.25, 0.3) is 0 Å². The van der Waals surface area contributed by atoms with Gasteiger partial charge in [-0.15, -0.1) is 0 Å². The fourth-order valence-electron chi connectivity index (χ4n) is 2.98. The standard InChI is InChI=1S/C20H24N2O3S/c1-21(2)12-13-22-17-6-4-5-7-18(17)26-20(24,14-19(22)23)15-8-10-16(25-3)11-9-15/h4-11,24H,12-14H2,1-3H3. The third-order valence-electron chi connectivity index (χ3n) is 4.44. The Labute approximate surface area is 158 Å². The van der Waals surface area contributed by atoms with Gasteiger partial charge in [-0.05, 0) is 43.9 Å². The normalized spacial score (nSPS) is 20.0. The number of carbonyl (C=O) groups is 1. The second-order valence-electron chi connectivity index (χ2n) is 6.61. The maximum Gasteiger partial charge on any atom is 0.231 e. The van der Waals surface area contributed by atoms with Crippen LogP contribution >= 0.6 is 11.8 Å². The smallest absolute Gasteiger partial charge is 0.231 e. The minimum absolute atomic E-state index is 0.0199. The van der Waals surface area contributed by atoms with Crippen molar-refractivity contribution >= 4 is 23.4 Å². The minimum atomic E-state index is -1.31. The number of likely N-dealkylation sites (N-methyl/N-ethyl adjacent to an activating group) is 1. The molecule has 2 aromatic rings. The van der Waals surface area contributed by atoms with Crippen LogP contribution in [0.5, 0.6) is 5.75 Å². The first-order chi connectivity index (χ1) is 12.4. The van der Waals surface area contributed by atoms with Gasteiger partial charge in [-0.1, -0.05) is 36.0 Å². The van der Waals surface area contributed by atoms with E-state index in [0.29, 0.717) is 12.1 Å². The van der Waals surface area contributed by atoms with Gasteiger partial charge < -0.3 is 19.6 Å².